The highest BCUT2D eigenvalue weighted by Crippen LogP contribution is 2.40. The van der Waals surface area contributed by atoms with E-state index in [9.17, 15) is 25.9 Å². The van der Waals surface area contributed by atoms with E-state index in [1.807, 2.05) is 0 Å². The quantitative estimate of drug-likeness (QED) is 0.598. The molecule has 124 valence electrons. The zero-order valence-corrected chi connectivity index (χ0v) is 13.8. The van der Waals surface area contributed by atoms with Crippen LogP contribution in [0.2, 0.25) is 0 Å². The van der Waals surface area contributed by atoms with Crippen molar-refractivity contribution in [1.29, 1.82) is 0 Å². The van der Waals surface area contributed by atoms with Gasteiger partial charge in [-0.05, 0) is 43.5 Å². The molecule has 2 aromatic carbocycles. The molecule has 4 N–H and O–H groups in total. The Morgan fingerprint density at radius 3 is 1.57 bits per heavy atom. The zero-order chi connectivity index (χ0) is 17.2. The summed E-state index contributed by atoms with van der Waals surface area (Å²) in [7, 11) is -8.95. The van der Waals surface area contributed by atoms with Crippen LogP contribution in [0.4, 0.5) is 11.4 Å². The van der Waals surface area contributed by atoms with Crippen molar-refractivity contribution in [1.82, 2.24) is 0 Å². The van der Waals surface area contributed by atoms with Gasteiger partial charge in [-0.3, -0.25) is 9.11 Å². The second-order valence-corrected chi connectivity index (χ2v) is 8.71. The third kappa shape index (κ3) is 2.85. The maximum absolute atomic E-state index is 11.4. The highest BCUT2D eigenvalue weighted by Gasteiger charge is 2.28. The van der Waals surface area contributed by atoms with E-state index in [0.29, 0.717) is 16.8 Å². The summed E-state index contributed by atoms with van der Waals surface area (Å²) in [5.74, 6) is 0. The molecule has 0 spiro atoms. The molecular weight excluding hydrogens is 344 g/mol. The predicted octanol–water partition coefficient (Wildman–Crippen LogP) is 1.91. The van der Waals surface area contributed by atoms with Crippen LogP contribution in [0.1, 0.15) is 13.8 Å². The first kappa shape index (κ1) is 16.0. The summed E-state index contributed by atoms with van der Waals surface area (Å²) in [6, 6.07) is 4.84. The summed E-state index contributed by atoms with van der Waals surface area (Å²) in [5.41, 5.74) is 0.154. The van der Waals surface area contributed by atoms with Crippen LogP contribution in [-0.4, -0.2) is 31.6 Å². The van der Waals surface area contributed by atoms with Gasteiger partial charge < -0.3 is 10.6 Å². The second kappa shape index (κ2) is 4.57. The molecule has 10 heteroatoms. The van der Waals surface area contributed by atoms with E-state index >= 15 is 0 Å². The van der Waals surface area contributed by atoms with Crippen molar-refractivity contribution in [3.8, 4) is 0 Å². The monoisotopic (exact) mass is 358 g/mol. The molecule has 0 amide bonds. The zero-order valence-electron chi connectivity index (χ0n) is 12.2. The molecule has 0 aliphatic carbocycles. The van der Waals surface area contributed by atoms with Crippen molar-refractivity contribution in [2.24, 2.45) is 0 Å². The van der Waals surface area contributed by atoms with Gasteiger partial charge >= 0.3 is 0 Å². The van der Waals surface area contributed by atoms with Crippen LogP contribution < -0.4 is 10.6 Å². The molecule has 3 rings (SSSR count). The standard InChI is InChI=1S/C13H14N2O6S2/c1-13(2)14-10-5-8(22(16,17)18)3-7-4-9(23(19,20)21)6-11(15-13)12(7)10/h3-6,14-15H,1-2H3,(H,16,17,18)(H,19,20,21). The Morgan fingerprint density at radius 1 is 0.826 bits per heavy atom. The van der Waals surface area contributed by atoms with Gasteiger partial charge in [0.2, 0.25) is 0 Å². The molecule has 0 atom stereocenters. The number of rotatable bonds is 2. The largest absolute Gasteiger partial charge is 0.363 e. The highest BCUT2D eigenvalue weighted by molar-refractivity contribution is 7.86. The van der Waals surface area contributed by atoms with Crippen molar-refractivity contribution in [2.45, 2.75) is 29.3 Å². The Labute approximate surface area is 133 Å². The topological polar surface area (TPSA) is 133 Å². The molecule has 0 saturated carbocycles. The van der Waals surface area contributed by atoms with Crippen LogP contribution in [0.5, 0.6) is 0 Å². The Hall–Kier alpha value is -1.88. The van der Waals surface area contributed by atoms with Crippen LogP contribution in [0.3, 0.4) is 0 Å². The molecule has 0 fully saturated rings. The SMILES string of the molecule is CC1(C)Nc2cc(S(=O)(=O)O)cc3cc(S(=O)(=O)O)cc(c23)N1. The normalized spacial score (nSPS) is 16.7. The average Bonchev–Trinajstić information content (AvgIpc) is 2.33. The van der Waals surface area contributed by atoms with E-state index in [-0.39, 0.29) is 15.2 Å². The fourth-order valence-electron chi connectivity index (χ4n) is 2.66. The maximum atomic E-state index is 11.4. The van der Waals surface area contributed by atoms with Gasteiger partial charge in [0.1, 0.15) is 5.66 Å². The van der Waals surface area contributed by atoms with Gasteiger partial charge in [-0.25, -0.2) is 0 Å². The summed E-state index contributed by atoms with van der Waals surface area (Å²) in [5, 5.41) is 6.95. The summed E-state index contributed by atoms with van der Waals surface area (Å²) in [4.78, 5) is -0.743. The third-order valence-corrected chi connectivity index (χ3v) is 5.15. The van der Waals surface area contributed by atoms with E-state index < -0.39 is 25.9 Å². The molecule has 0 aromatic heterocycles. The molecule has 0 radical (unpaired) electrons. The van der Waals surface area contributed by atoms with Crippen LogP contribution in [0, 0.1) is 0 Å². The van der Waals surface area contributed by atoms with Crippen LogP contribution >= 0.6 is 0 Å². The van der Waals surface area contributed by atoms with Crippen molar-refractivity contribution in [2.75, 3.05) is 10.6 Å². The maximum Gasteiger partial charge on any atom is 0.294 e. The van der Waals surface area contributed by atoms with Crippen molar-refractivity contribution in [3.63, 3.8) is 0 Å². The fourth-order valence-corrected chi connectivity index (χ4v) is 3.75. The lowest BCUT2D eigenvalue weighted by atomic mass is 10.0. The van der Waals surface area contributed by atoms with E-state index in [1.165, 1.54) is 12.1 Å². The van der Waals surface area contributed by atoms with Gasteiger partial charge in [-0.1, -0.05) is 0 Å². The van der Waals surface area contributed by atoms with Gasteiger partial charge in [-0.15, -0.1) is 0 Å². The number of benzene rings is 2. The minimum atomic E-state index is -4.47. The van der Waals surface area contributed by atoms with Crippen LogP contribution in [-0.2, 0) is 20.2 Å². The van der Waals surface area contributed by atoms with E-state index in [2.05, 4.69) is 10.6 Å². The third-order valence-electron chi connectivity index (χ3n) is 3.49. The number of nitrogens with one attached hydrogen (secondary N) is 2. The highest BCUT2D eigenvalue weighted by atomic mass is 32.2. The summed E-state index contributed by atoms with van der Waals surface area (Å²) in [6.45, 7) is 3.53. The minimum Gasteiger partial charge on any atom is -0.363 e. The molecule has 1 aliphatic rings. The minimum absolute atomic E-state index is 0.246. The lowest BCUT2D eigenvalue weighted by molar-refractivity contribution is 0.481. The smallest absolute Gasteiger partial charge is 0.294 e. The molecule has 0 unspecified atom stereocenters. The molecular formula is C13H14N2O6S2. The molecule has 2 aromatic rings. The Balaban J connectivity index is 2.45. The summed E-state index contributed by atoms with van der Waals surface area (Å²) >= 11 is 0. The van der Waals surface area contributed by atoms with E-state index in [0.717, 1.165) is 12.1 Å². The van der Waals surface area contributed by atoms with Crippen LogP contribution in [0.25, 0.3) is 10.8 Å². The van der Waals surface area contributed by atoms with Gasteiger partial charge in [-0.2, -0.15) is 16.8 Å². The Bertz CT molecular complexity index is 963. The molecule has 23 heavy (non-hydrogen) atoms. The number of hydrogen-bond donors (Lipinski definition) is 4. The summed E-state index contributed by atoms with van der Waals surface area (Å²) in [6.07, 6.45) is 0. The van der Waals surface area contributed by atoms with E-state index in [4.69, 9.17) is 0 Å². The lowest BCUT2D eigenvalue weighted by Gasteiger charge is -2.36. The van der Waals surface area contributed by atoms with Crippen molar-refractivity contribution < 1.29 is 25.9 Å². The first-order valence-corrected chi connectivity index (χ1v) is 9.38. The Morgan fingerprint density at radius 2 is 1.22 bits per heavy atom. The fraction of sp³-hybridized carbons (Fsp3) is 0.231. The van der Waals surface area contributed by atoms with Gasteiger partial charge in [0, 0.05) is 16.8 Å². The lowest BCUT2D eigenvalue weighted by Crippen LogP contribution is -2.42. The molecule has 1 heterocycles. The molecule has 0 saturated heterocycles. The van der Waals surface area contributed by atoms with Crippen molar-refractivity contribution in [3.05, 3.63) is 24.3 Å². The van der Waals surface area contributed by atoms with E-state index in [1.54, 1.807) is 13.8 Å². The van der Waals surface area contributed by atoms with Crippen LogP contribution in [0.15, 0.2) is 34.1 Å². The number of anilines is 2. The van der Waals surface area contributed by atoms with Gasteiger partial charge in [0.15, 0.2) is 0 Å². The van der Waals surface area contributed by atoms with Gasteiger partial charge in [0.25, 0.3) is 20.2 Å². The Kier molecular flexibility index (Phi) is 3.18. The van der Waals surface area contributed by atoms with Gasteiger partial charge in [0.05, 0.1) is 9.79 Å². The first-order valence-electron chi connectivity index (χ1n) is 6.50. The average molecular weight is 358 g/mol. The summed E-state index contributed by atoms with van der Waals surface area (Å²) < 4.78 is 64.3. The van der Waals surface area contributed by atoms with Crippen molar-refractivity contribution >= 4 is 42.4 Å². The molecule has 1 aliphatic heterocycles. The molecule has 8 nitrogen and oxygen atoms in total. The predicted molar refractivity (Wildman–Crippen MR) is 84.9 cm³/mol. The second-order valence-electron chi connectivity index (χ2n) is 5.86. The first-order chi connectivity index (χ1) is 10.4. The molecule has 0 bridgehead atoms. The number of hydrogen-bond acceptors (Lipinski definition) is 6.